The number of fused-ring (bicyclic) bond motifs is 1. The number of sulfonamides is 1. The van der Waals surface area contributed by atoms with Crippen molar-refractivity contribution in [1.29, 1.82) is 0 Å². The summed E-state index contributed by atoms with van der Waals surface area (Å²) in [7, 11) is -2.19. The Morgan fingerprint density at radius 1 is 1.00 bits per heavy atom. The molecule has 3 aromatic rings. The number of carbonyl (C=O) groups is 1. The number of benzene rings is 2. The van der Waals surface area contributed by atoms with Gasteiger partial charge in [-0.15, -0.1) is 0 Å². The predicted molar refractivity (Wildman–Crippen MR) is 103 cm³/mol. The Morgan fingerprint density at radius 3 is 2.36 bits per heavy atom. The molecule has 0 spiro atoms. The van der Waals surface area contributed by atoms with E-state index in [1.807, 2.05) is 6.07 Å². The van der Waals surface area contributed by atoms with Crippen molar-refractivity contribution in [3.63, 3.8) is 0 Å². The van der Waals surface area contributed by atoms with E-state index in [4.69, 9.17) is 4.42 Å². The first-order chi connectivity index (χ1) is 13.4. The molecule has 0 atom stereocenters. The average Bonchev–Trinajstić information content (AvgIpc) is 3.01. The molecule has 2 heterocycles. The lowest BCUT2D eigenvalue weighted by molar-refractivity contribution is 0.0698. The Labute approximate surface area is 161 Å². The van der Waals surface area contributed by atoms with E-state index in [-0.39, 0.29) is 29.5 Å². The Kier molecular flexibility index (Phi) is 4.56. The Bertz CT molecular complexity index is 1190. The normalized spacial score (nSPS) is 15.8. The van der Waals surface area contributed by atoms with Crippen LogP contribution in [0.15, 0.2) is 62.6 Å². The van der Waals surface area contributed by atoms with Crippen LogP contribution in [0.1, 0.15) is 10.4 Å². The van der Waals surface area contributed by atoms with Gasteiger partial charge in [-0.2, -0.15) is 4.31 Å². The molecule has 1 saturated heterocycles. The van der Waals surface area contributed by atoms with Crippen molar-refractivity contribution in [3.8, 4) is 0 Å². The fourth-order valence-electron chi connectivity index (χ4n) is 3.32. The molecule has 8 nitrogen and oxygen atoms in total. The molecule has 1 fully saturated rings. The summed E-state index contributed by atoms with van der Waals surface area (Å²) in [5.41, 5.74) is 1.34. The van der Waals surface area contributed by atoms with Gasteiger partial charge in [0.2, 0.25) is 10.0 Å². The summed E-state index contributed by atoms with van der Waals surface area (Å²) in [6.45, 7) is 1.04. The Balaban J connectivity index is 1.52. The number of aromatic nitrogens is 1. The summed E-state index contributed by atoms with van der Waals surface area (Å²) in [5.74, 6) is -0.650. The first-order valence-electron chi connectivity index (χ1n) is 8.82. The molecule has 4 rings (SSSR count). The highest BCUT2D eigenvalue weighted by Crippen LogP contribution is 2.22. The highest BCUT2D eigenvalue weighted by molar-refractivity contribution is 7.89. The molecule has 1 aromatic heterocycles. The van der Waals surface area contributed by atoms with E-state index in [1.165, 1.54) is 21.0 Å². The predicted octanol–water partition coefficient (Wildman–Crippen LogP) is 1.28. The monoisotopic (exact) mass is 401 g/mol. The molecule has 0 radical (unpaired) electrons. The lowest BCUT2D eigenvalue weighted by Gasteiger charge is -2.34. The molecule has 1 amide bonds. The molecule has 0 aliphatic carbocycles. The SMILES string of the molecule is Cn1c(=O)oc2cc(S(=O)(=O)N3CCN(C(=O)c4ccccc4)CC3)ccc21. The number of hydrogen-bond acceptors (Lipinski definition) is 5. The van der Waals surface area contributed by atoms with Crippen LogP contribution < -0.4 is 5.76 Å². The van der Waals surface area contributed by atoms with Crippen LogP contribution in [0.4, 0.5) is 0 Å². The number of nitrogens with zero attached hydrogens (tertiary/aromatic N) is 3. The second-order valence-corrected chi connectivity index (χ2v) is 8.56. The largest absolute Gasteiger partial charge is 0.419 e. The lowest BCUT2D eigenvalue weighted by atomic mass is 10.2. The quantitative estimate of drug-likeness (QED) is 0.659. The van der Waals surface area contributed by atoms with E-state index in [2.05, 4.69) is 0 Å². The van der Waals surface area contributed by atoms with E-state index in [0.717, 1.165) is 0 Å². The molecule has 0 N–H and O–H groups in total. The number of piperazine rings is 1. The molecular formula is C19H19N3O5S. The van der Waals surface area contributed by atoms with Crippen LogP contribution in [0.3, 0.4) is 0 Å². The van der Waals surface area contributed by atoms with Gasteiger partial charge in [-0.3, -0.25) is 9.36 Å². The summed E-state index contributed by atoms with van der Waals surface area (Å²) in [4.78, 5) is 25.9. The van der Waals surface area contributed by atoms with Crippen molar-refractivity contribution >= 4 is 27.0 Å². The molecular weight excluding hydrogens is 382 g/mol. The van der Waals surface area contributed by atoms with Crippen LogP contribution >= 0.6 is 0 Å². The third-order valence-electron chi connectivity index (χ3n) is 4.95. The van der Waals surface area contributed by atoms with Crippen LogP contribution in [0.2, 0.25) is 0 Å². The number of amides is 1. The Morgan fingerprint density at radius 2 is 1.68 bits per heavy atom. The van der Waals surface area contributed by atoms with Crippen molar-refractivity contribution in [2.75, 3.05) is 26.2 Å². The molecule has 146 valence electrons. The zero-order valence-corrected chi connectivity index (χ0v) is 16.1. The summed E-state index contributed by atoms with van der Waals surface area (Å²) in [5, 5.41) is 0. The molecule has 1 aliphatic rings. The molecule has 0 bridgehead atoms. The molecule has 2 aromatic carbocycles. The number of oxazole rings is 1. The average molecular weight is 401 g/mol. The fourth-order valence-corrected chi connectivity index (χ4v) is 4.76. The van der Waals surface area contributed by atoms with E-state index >= 15 is 0 Å². The minimum atomic E-state index is -3.75. The zero-order valence-electron chi connectivity index (χ0n) is 15.2. The van der Waals surface area contributed by atoms with Gasteiger partial charge >= 0.3 is 5.76 Å². The summed E-state index contributed by atoms with van der Waals surface area (Å²) in [6.07, 6.45) is 0. The Hall–Kier alpha value is -2.91. The first kappa shape index (κ1) is 18.5. The number of hydrogen-bond donors (Lipinski definition) is 0. The number of aryl methyl sites for hydroxylation is 1. The molecule has 1 aliphatic heterocycles. The van der Waals surface area contributed by atoms with Crippen molar-refractivity contribution in [2.45, 2.75) is 4.90 Å². The molecule has 28 heavy (non-hydrogen) atoms. The minimum Gasteiger partial charge on any atom is -0.408 e. The van der Waals surface area contributed by atoms with Crippen molar-refractivity contribution < 1.29 is 17.6 Å². The maximum absolute atomic E-state index is 13.0. The van der Waals surface area contributed by atoms with Gasteiger partial charge in [0, 0.05) is 44.9 Å². The third kappa shape index (κ3) is 3.12. The van der Waals surface area contributed by atoms with Crippen LogP contribution in [-0.2, 0) is 17.1 Å². The van der Waals surface area contributed by atoms with Crippen LogP contribution in [0, 0.1) is 0 Å². The maximum Gasteiger partial charge on any atom is 0.419 e. The van der Waals surface area contributed by atoms with Crippen molar-refractivity contribution in [3.05, 3.63) is 64.6 Å². The third-order valence-corrected chi connectivity index (χ3v) is 6.84. The van der Waals surface area contributed by atoms with E-state index < -0.39 is 15.8 Å². The number of rotatable bonds is 3. The smallest absolute Gasteiger partial charge is 0.408 e. The van der Waals surface area contributed by atoms with Gasteiger partial charge in [-0.05, 0) is 24.3 Å². The van der Waals surface area contributed by atoms with Gasteiger partial charge in [0.25, 0.3) is 5.91 Å². The van der Waals surface area contributed by atoms with E-state index in [1.54, 1.807) is 42.3 Å². The minimum absolute atomic E-state index is 0.0668. The highest BCUT2D eigenvalue weighted by atomic mass is 32.2. The standard InChI is InChI=1S/C19H19N3O5S/c1-20-16-8-7-15(13-17(16)27-19(20)24)28(25,26)22-11-9-21(10-12-22)18(23)14-5-3-2-4-6-14/h2-8,13H,9-12H2,1H3. The summed E-state index contributed by atoms with van der Waals surface area (Å²) < 4.78 is 33.7. The van der Waals surface area contributed by atoms with Crippen LogP contribution in [-0.4, -0.2) is 54.3 Å². The van der Waals surface area contributed by atoms with E-state index in [0.29, 0.717) is 24.2 Å². The van der Waals surface area contributed by atoms with E-state index in [9.17, 15) is 18.0 Å². The molecule has 9 heteroatoms. The van der Waals surface area contributed by atoms with Gasteiger partial charge in [-0.1, -0.05) is 18.2 Å². The van der Waals surface area contributed by atoms with Gasteiger partial charge in [0.15, 0.2) is 5.58 Å². The van der Waals surface area contributed by atoms with Crippen LogP contribution in [0.5, 0.6) is 0 Å². The second kappa shape index (κ2) is 6.92. The van der Waals surface area contributed by atoms with Crippen molar-refractivity contribution in [2.24, 2.45) is 7.05 Å². The molecule has 0 saturated carbocycles. The zero-order chi connectivity index (χ0) is 19.9. The second-order valence-electron chi connectivity index (χ2n) is 6.62. The van der Waals surface area contributed by atoms with Gasteiger partial charge in [0.1, 0.15) is 0 Å². The van der Waals surface area contributed by atoms with Crippen molar-refractivity contribution in [1.82, 2.24) is 13.8 Å². The van der Waals surface area contributed by atoms with Crippen LogP contribution in [0.25, 0.3) is 11.1 Å². The lowest BCUT2D eigenvalue weighted by Crippen LogP contribution is -2.50. The summed E-state index contributed by atoms with van der Waals surface area (Å²) >= 11 is 0. The molecule has 0 unspecified atom stereocenters. The van der Waals surface area contributed by atoms with Gasteiger partial charge in [-0.25, -0.2) is 13.2 Å². The number of carbonyl (C=O) groups excluding carboxylic acids is 1. The first-order valence-corrected chi connectivity index (χ1v) is 10.3. The van der Waals surface area contributed by atoms with Gasteiger partial charge < -0.3 is 9.32 Å². The fraction of sp³-hybridized carbons (Fsp3) is 0.263. The highest BCUT2D eigenvalue weighted by Gasteiger charge is 2.31. The topological polar surface area (TPSA) is 92.8 Å². The summed E-state index contributed by atoms with van der Waals surface area (Å²) in [6, 6.07) is 13.3. The van der Waals surface area contributed by atoms with Gasteiger partial charge in [0.05, 0.1) is 10.4 Å². The maximum atomic E-state index is 13.0.